The molecule has 3 heterocycles. The van der Waals surface area contributed by atoms with Crippen molar-refractivity contribution in [2.45, 2.75) is 26.8 Å². The summed E-state index contributed by atoms with van der Waals surface area (Å²) in [6, 6.07) is 7.77. The van der Waals surface area contributed by atoms with E-state index in [-0.39, 0.29) is 17.4 Å². The van der Waals surface area contributed by atoms with Crippen LogP contribution in [0, 0.1) is 19.7 Å². The Balaban J connectivity index is 1.96. The molecule has 0 spiro atoms. The summed E-state index contributed by atoms with van der Waals surface area (Å²) in [6.45, 7) is 5.48. The van der Waals surface area contributed by atoms with E-state index < -0.39 is 0 Å². The van der Waals surface area contributed by atoms with E-state index in [0.717, 1.165) is 5.56 Å². The van der Waals surface area contributed by atoms with E-state index in [0.29, 0.717) is 28.2 Å². The van der Waals surface area contributed by atoms with Crippen LogP contribution in [0.25, 0.3) is 16.7 Å². The molecule has 1 unspecified atom stereocenters. The van der Waals surface area contributed by atoms with Gasteiger partial charge in [-0.1, -0.05) is 12.1 Å². The van der Waals surface area contributed by atoms with Crippen molar-refractivity contribution in [3.05, 3.63) is 69.8 Å². The van der Waals surface area contributed by atoms with Crippen molar-refractivity contribution in [3.63, 3.8) is 0 Å². The largest absolute Gasteiger partial charge is 0.308 e. The Kier molecular flexibility index (Phi) is 3.38. The van der Waals surface area contributed by atoms with Crippen LogP contribution < -0.4 is 5.56 Å². The van der Waals surface area contributed by atoms with Crippen molar-refractivity contribution in [3.8, 4) is 0 Å². The van der Waals surface area contributed by atoms with Crippen LogP contribution in [-0.4, -0.2) is 24.1 Å². The zero-order valence-electron chi connectivity index (χ0n) is 14.1. The molecule has 0 aliphatic carbocycles. The van der Waals surface area contributed by atoms with E-state index >= 15 is 0 Å². The van der Waals surface area contributed by atoms with Gasteiger partial charge in [0.25, 0.3) is 11.3 Å². The first-order chi connectivity index (χ1) is 12.0. The second-order valence-electron chi connectivity index (χ2n) is 6.08. The van der Waals surface area contributed by atoms with Crippen molar-refractivity contribution < 1.29 is 4.39 Å². The number of hydrogen-bond donors (Lipinski definition) is 0. The molecule has 0 fully saturated rings. The second kappa shape index (κ2) is 5.47. The molecule has 4 aromatic rings. The summed E-state index contributed by atoms with van der Waals surface area (Å²) in [4.78, 5) is 21.7. The number of halogens is 1. The number of fused-ring (bicyclic) bond motifs is 3. The molecule has 3 aromatic heterocycles. The summed E-state index contributed by atoms with van der Waals surface area (Å²) in [5, 5.41) is 4.83. The summed E-state index contributed by atoms with van der Waals surface area (Å²) < 4.78 is 16.4. The van der Waals surface area contributed by atoms with Gasteiger partial charge in [-0.2, -0.15) is 9.50 Å². The fourth-order valence-electron chi connectivity index (χ4n) is 3.11. The van der Waals surface area contributed by atoms with E-state index in [2.05, 4.69) is 15.1 Å². The lowest BCUT2D eigenvalue weighted by molar-refractivity contribution is 0.606. The summed E-state index contributed by atoms with van der Waals surface area (Å²) in [5.74, 6) is 0.778. The first-order valence-electron chi connectivity index (χ1n) is 7.96. The van der Waals surface area contributed by atoms with Crippen LogP contribution in [0.15, 0.2) is 41.3 Å². The van der Waals surface area contributed by atoms with Crippen LogP contribution in [0.2, 0.25) is 0 Å². The quantitative estimate of drug-likeness (QED) is 0.564. The maximum atomic E-state index is 13.2. The number of pyridine rings is 1. The van der Waals surface area contributed by atoms with Crippen LogP contribution in [0.1, 0.15) is 30.0 Å². The number of aryl methyl sites for hydroxylation is 2. The maximum absolute atomic E-state index is 13.2. The molecule has 0 amide bonds. The molecule has 0 saturated carbocycles. The average Bonchev–Trinajstić information content (AvgIpc) is 2.95. The van der Waals surface area contributed by atoms with Gasteiger partial charge in [-0.25, -0.2) is 9.37 Å². The SMILES string of the molecule is Cc1nc2nc(C)c3c(=O)n(C(C)c4ccc(F)cc4)ccc3n2n1. The van der Waals surface area contributed by atoms with Gasteiger partial charge in [0.05, 0.1) is 22.6 Å². The zero-order valence-corrected chi connectivity index (χ0v) is 14.1. The molecule has 7 heteroatoms. The van der Waals surface area contributed by atoms with Crippen molar-refractivity contribution in [1.82, 2.24) is 24.1 Å². The fraction of sp³-hybridized carbons (Fsp3) is 0.222. The predicted octanol–water partition coefficient (Wildman–Crippen LogP) is 2.80. The molecule has 0 saturated heterocycles. The Hall–Kier alpha value is -3.09. The molecule has 4 rings (SSSR count). The standard InChI is InChI=1S/C18H16FN5O/c1-10-16-15(24-18(20-10)21-12(3)22-24)8-9-23(17(16)25)11(2)13-4-6-14(19)7-5-13/h4-9,11H,1-3H3. The molecule has 0 radical (unpaired) electrons. The van der Waals surface area contributed by atoms with Gasteiger partial charge < -0.3 is 4.57 Å². The molecule has 126 valence electrons. The molecule has 0 aliphatic heterocycles. The fourth-order valence-corrected chi connectivity index (χ4v) is 3.11. The van der Waals surface area contributed by atoms with Crippen molar-refractivity contribution >= 4 is 16.7 Å². The number of rotatable bonds is 2. The second-order valence-corrected chi connectivity index (χ2v) is 6.08. The molecule has 6 nitrogen and oxygen atoms in total. The minimum Gasteiger partial charge on any atom is -0.308 e. The van der Waals surface area contributed by atoms with Crippen molar-refractivity contribution in [2.24, 2.45) is 0 Å². The normalized spacial score (nSPS) is 12.8. The van der Waals surface area contributed by atoms with Crippen LogP contribution in [0.4, 0.5) is 4.39 Å². The molecule has 0 bridgehead atoms. The third-order valence-corrected chi connectivity index (χ3v) is 4.42. The highest BCUT2D eigenvalue weighted by atomic mass is 19.1. The van der Waals surface area contributed by atoms with Gasteiger partial charge >= 0.3 is 0 Å². The van der Waals surface area contributed by atoms with E-state index in [1.54, 1.807) is 41.3 Å². The zero-order chi connectivity index (χ0) is 17.7. The summed E-state index contributed by atoms with van der Waals surface area (Å²) in [7, 11) is 0. The highest BCUT2D eigenvalue weighted by molar-refractivity contribution is 5.81. The van der Waals surface area contributed by atoms with Gasteiger partial charge in [-0.05, 0) is 44.5 Å². The highest BCUT2D eigenvalue weighted by Gasteiger charge is 2.16. The Labute approximate surface area is 142 Å². The lowest BCUT2D eigenvalue weighted by Crippen LogP contribution is -2.25. The number of hydrogen-bond acceptors (Lipinski definition) is 4. The minimum atomic E-state index is -0.300. The molecule has 25 heavy (non-hydrogen) atoms. The van der Waals surface area contributed by atoms with Crippen LogP contribution in [-0.2, 0) is 0 Å². The third-order valence-electron chi connectivity index (χ3n) is 4.42. The van der Waals surface area contributed by atoms with Crippen LogP contribution in [0.3, 0.4) is 0 Å². The van der Waals surface area contributed by atoms with Gasteiger partial charge in [0.1, 0.15) is 11.6 Å². The number of nitrogens with zero attached hydrogens (tertiary/aromatic N) is 5. The number of aromatic nitrogens is 5. The lowest BCUT2D eigenvalue weighted by atomic mass is 10.1. The first kappa shape index (κ1) is 15.4. The van der Waals surface area contributed by atoms with Crippen molar-refractivity contribution in [1.29, 1.82) is 0 Å². The summed E-state index contributed by atoms with van der Waals surface area (Å²) in [5.41, 5.74) is 1.98. The average molecular weight is 337 g/mol. The maximum Gasteiger partial charge on any atom is 0.262 e. The number of benzene rings is 1. The van der Waals surface area contributed by atoms with E-state index in [1.807, 2.05) is 13.0 Å². The Morgan fingerprint density at radius 1 is 1.08 bits per heavy atom. The Bertz CT molecular complexity index is 1160. The molecule has 1 aromatic carbocycles. The Morgan fingerprint density at radius 2 is 1.80 bits per heavy atom. The van der Waals surface area contributed by atoms with E-state index in [4.69, 9.17) is 0 Å². The minimum absolute atomic E-state index is 0.158. The molecular formula is C18H16FN5O. The first-order valence-corrected chi connectivity index (χ1v) is 7.96. The van der Waals surface area contributed by atoms with Gasteiger partial charge in [0.15, 0.2) is 0 Å². The molecular weight excluding hydrogens is 321 g/mol. The highest BCUT2D eigenvalue weighted by Crippen LogP contribution is 2.20. The summed E-state index contributed by atoms with van der Waals surface area (Å²) >= 11 is 0. The smallest absolute Gasteiger partial charge is 0.262 e. The Morgan fingerprint density at radius 3 is 2.52 bits per heavy atom. The molecule has 0 aliphatic rings. The van der Waals surface area contributed by atoms with E-state index in [9.17, 15) is 9.18 Å². The molecule has 1 atom stereocenters. The van der Waals surface area contributed by atoms with Gasteiger partial charge in [0.2, 0.25) is 0 Å². The third kappa shape index (κ3) is 2.39. The lowest BCUT2D eigenvalue weighted by Gasteiger charge is -2.17. The molecule has 0 N–H and O–H groups in total. The summed E-state index contributed by atoms with van der Waals surface area (Å²) in [6.07, 6.45) is 1.73. The van der Waals surface area contributed by atoms with Gasteiger partial charge in [-0.15, -0.1) is 5.10 Å². The van der Waals surface area contributed by atoms with Crippen LogP contribution >= 0.6 is 0 Å². The van der Waals surface area contributed by atoms with Crippen molar-refractivity contribution in [2.75, 3.05) is 0 Å². The van der Waals surface area contributed by atoms with Gasteiger partial charge in [-0.3, -0.25) is 4.79 Å². The predicted molar refractivity (Wildman–Crippen MR) is 92.2 cm³/mol. The van der Waals surface area contributed by atoms with Crippen LogP contribution in [0.5, 0.6) is 0 Å². The van der Waals surface area contributed by atoms with Gasteiger partial charge in [0, 0.05) is 6.20 Å². The topological polar surface area (TPSA) is 65.1 Å². The monoisotopic (exact) mass is 337 g/mol. The van der Waals surface area contributed by atoms with E-state index in [1.165, 1.54) is 12.1 Å².